The van der Waals surface area contributed by atoms with Gasteiger partial charge in [0.05, 0.1) is 29.5 Å². The van der Waals surface area contributed by atoms with Crippen LogP contribution in [0.1, 0.15) is 10.4 Å². The Balaban J connectivity index is 1.34. The van der Waals surface area contributed by atoms with Crippen LogP contribution in [-0.4, -0.2) is 45.3 Å². The van der Waals surface area contributed by atoms with E-state index in [-0.39, 0.29) is 5.56 Å². The second-order valence-electron chi connectivity index (χ2n) is 7.69. The van der Waals surface area contributed by atoms with Crippen LogP contribution in [0.2, 0.25) is 5.02 Å². The van der Waals surface area contributed by atoms with Crippen LogP contribution in [0.25, 0.3) is 0 Å². The number of amides is 3. The van der Waals surface area contributed by atoms with Crippen molar-refractivity contribution in [1.29, 1.82) is 0 Å². The van der Waals surface area contributed by atoms with Crippen LogP contribution in [-0.2, 0) is 4.74 Å². The first kappa shape index (κ1) is 24.3. The number of urea groups is 1. The number of morpholine rings is 1. The topological polar surface area (TPSA) is 91.9 Å². The summed E-state index contributed by atoms with van der Waals surface area (Å²) in [5, 5.41) is 8.43. The molecule has 35 heavy (non-hydrogen) atoms. The lowest BCUT2D eigenvalue weighted by atomic mass is 10.2. The SMILES string of the molecule is CNC(=O)c1cc(Oc2ccc(NC(=O)Nc3ccc(N4CCOCC4)c(Cl)c3)cc2)ccc1F. The molecule has 3 aromatic rings. The van der Waals surface area contributed by atoms with Crippen molar-refractivity contribution in [2.45, 2.75) is 0 Å². The summed E-state index contributed by atoms with van der Waals surface area (Å²) in [6.45, 7) is 2.85. The zero-order valence-electron chi connectivity index (χ0n) is 18.9. The summed E-state index contributed by atoms with van der Waals surface area (Å²) in [5.41, 5.74) is 1.89. The van der Waals surface area contributed by atoms with Crippen molar-refractivity contribution in [2.24, 2.45) is 0 Å². The third-order valence-corrected chi connectivity index (χ3v) is 5.62. The van der Waals surface area contributed by atoms with Crippen molar-refractivity contribution in [2.75, 3.05) is 48.9 Å². The van der Waals surface area contributed by atoms with Crippen molar-refractivity contribution in [3.8, 4) is 11.5 Å². The summed E-state index contributed by atoms with van der Waals surface area (Å²) in [7, 11) is 1.42. The van der Waals surface area contributed by atoms with Crippen molar-refractivity contribution in [3.63, 3.8) is 0 Å². The molecular formula is C25H24ClFN4O4. The van der Waals surface area contributed by atoms with E-state index in [1.807, 2.05) is 6.07 Å². The number of hydrogen-bond donors (Lipinski definition) is 3. The number of nitrogens with one attached hydrogen (secondary N) is 3. The fourth-order valence-electron chi connectivity index (χ4n) is 3.56. The molecule has 0 radical (unpaired) electrons. The lowest BCUT2D eigenvalue weighted by Gasteiger charge is -2.29. The molecule has 1 aliphatic rings. The summed E-state index contributed by atoms with van der Waals surface area (Å²) in [5.74, 6) is -0.424. The van der Waals surface area contributed by atoms with Crippen LogP contribution >= 0.6 is 11.6 Å². The van der Waals surface area contributed by atoms with Crippen LogP contribution in [0.4, 0.5) is 26.2 Å². The average Bonchev–Trinajstić information content (AvgIpc) is 2.86. The van der Waals surface area contributed by atoms with Crippen LogP contribution in [0.15, 0.2) is 60.7 Å². The predicted molar refractivity (Wildman–Crippen MR) is 133 cm³/mol. The number of halogens is 2. The number of benzene rings is 3. The molecule has 0 bridgehead atoms. The van der Waals surface area contributed by atoms with Gasteiger partial charge in [-0.2, -0.15) is 0 Å². The number of ether oxygens (including phenoxy) is 2. The van der Waals surface area contributed by atoms with Crippen LogP contribution in [0.3, 0.4) is 0 Å². The van der Waals surface area contributed by atoms with E-state index >= 15 is 0 Å². The van der Waals surface area contributed by atoms with Crippen molar-refractivity contribution < 1.29 is 23.5 Å². The quantitative estimate of drug-likeness (QED) is 0.439. The van der Waals surface area contributed by atoms with Crippen molar-refractivity contribution >= 4 is 40.6 Å². The Morgan fingerprint density at radius 2 is 1.60 bits per heavy atom. The Morgan fingerprint density at radius 1 is 0.943 bits per heavy atom. The van der Waals surface area contributed by atoms with Gasteiger partial charge in [-0.25, -0.2) is 9.18 Å². The third-order valence-electron chi connectivity index (χ3n) is 5.31. The maximum Gasteiger partial charge on any atom is 0.323 e. The van der Waals surface area contributed by atoms with Gasteiger partial charge >= 0.3 is 6.03 Å². The maximum absolute atomic E-state index is 13.8. The lowest BCUT2D eigenvalue weighted by Crippen LogP contribution is -2.36. The van der Waals surface area contributed by atoms with Gasteiger partial charge in [0, 0.05) is 31.5 Å². The molecule has 0 atom stereocenters. The molecule has 3 N–H and O–H groups in total. The normalized spacial score (nSPS) is 13.2. The van der Waals surface area contributed by atoms with E-state index in [2.05, 4.69) is 20.9 Å². The molecule has 0 spiro atoms. The highest BCUT2D eigenvalue weighted by Gasteiger charge is 2.15. The molecule has 0 aliphatic carbocycles. The standard InChI is InChI=1S/C25H24ClFN4O4/c1-28-24(32)20-15-19(7-8-22(20)27)35-18-5-2-16(3-6-18)29-25(33)30-17-4-9-23(21(26)14-17)31-10-12-34-13-11-31/h2-9,14-15H,10-13H2,1H3,(H,28,32)(H2,29,30,33). The third kappa shape index (κ3) is 6.20. The highest BCUT2D eigenvalue weighted by molar-refractivity contribution is 6.33. The molecule has 1 heterocycles. The van der Waals surface area contributed by atoms with Gasteiger partial charge in [-0.15, -0.1) is 0 Å². The number of nitrogens with zero attached hydrogens (tertiary/aromatic N) is 1. The summed E-state index contributed by atoms with van der Waals surface area (Å²) < 4.78 is 24.9. The summed E-state index contributed by atoms with van der Waals surface area (Å²) in [6, 6.07) is 15.5. The molecule has 0 aromatic heterocycles. The molecule has 182 valence electrons. The number of rotatable bonds is 6. The fourth-order valence-corrected chi connectivity index (χ4v) is 3.86. The smallest absolute Gasteiger partial charge is 0.323 e. The zero-order chi connectivity index (χ0) is 24.8. The van der Waals surface area contributed by atoms with E-state index in [4.69, 9.17) is 21.1 Å². The Bertz CT molecular complexity index is 1220. The summed E-state index contributed by atoms with van der Waals surface area (Å²) >= 11 is 6.42. The molecule has 3 amide bonds. The van der Waals surface area contributed by atoms with Gasteiger partial charge in [0.25, 0.3) is 5.91 Å². The van der Waals surface area contributed by atoms with Crippen LogP contribution in [0, 0.1) is 5.82 Å². The van der Waals surface area contributed by atoms with Crippen molar-refractivity contribution in [1.82, 2.24) is 5.32 Å². The second kappa shape index (κ2) is 11.1. The fraction of sp³-hybridized carbons (Fsp3) is 0.200. The van der Waals surface area contributed by atoms with Crippen molar-refractivity contribution in [3.05, 3.63) is 77.1 Å². The zero-order valence-corrected chi connectivity index (χ0v) is 19.7. The first-order valence-electron chi connectivity index (χ1n) is 10.9. The molecule has 3 aromatic carbocycles. The van der Waals surface area contributed by atoms with E-state index in [9.17, 15) is 14.0 Å². The molecular weight excluding hydrogens is 475 g/mol. The molecule has 8 nitrogen and oxygen atoms in total. The molecule has 1 aliphatic heterocycles. The average molecular weight is 499 g/mol. The minimum atomic E-state index is -0.640. The number of carbonyl (C=O) groups excluding carboxylic acids is 2. The van der Waals surface area contributed by atoms with Gasteiger partial charge < -0.3 is 30.3 Å². The van der Waals surface area contributed by atoms with Crippen LogP contribution < -0.4 is 25.6 Å². The Labute approximate surface area is 207 Å². The van der Waals surface area contributed by atoms with Gasteiger partial charge in [-0.3, -0.25) is 4.79 Å². The molecule has 0 saturated carbocycles. The molecule has 10 heteroatoms. The first-order valence-corrected chi connectivity index (χ1v) is 11.3. The Hall–Kier alpha value is -3.82. The monoisotopic (exact) mass is 498 g/mol. The highest BCUT2D eigenvalue weighted by Crippen LogP contribution is 2.30. The van der Waals surface area contributed by atoms with E-state index < -0.39 is 17.8 Å². The highest BCUT2D eigenvalue weighted by atomic mass is 35.5. The minimum Gasteiger partial charge on any atom is -0.457 e. The van der Waals surface area contributed by atoms with E-state index in [1.165, 1.54) is 25.2 Å². The number of carbonyl (C=O) groups is 2. The second-order valence-corrected chi connectivity index (χ2v) is 8.10. The lowest BCUT2D eigenvalue weighted by molar-refractivity contribution is 0.0958. The van der Waals surface area contributed by atoms with E-state index in [0.717, 1.165) is 18.8 Å². The summed E-state index contributed by atoms with van der Waals surface area (Å²) in [6.07, 6.45) is 0. The summed E-state index contributed by atoms with van der Waals surface area (Å²) in [4.78, 5) is 26.3. The largest absolute Gasteiger partial charge is 0.457 e. The maximum atomic E-state index is 13.8. The van der Waals surface area contributed by atoms with E-state index in [1.54, 1.807) is 36.4 Å². The van der Waals surface area contributed by atoms with Gasteiger partial charge in [-0.05, 0) is 60.7 Å². The van der Waals surface area contributed by atoms with Gasteiger partial charge in [0.1, 0.15) is 17.3 Å². The van der Waals surface area contributed by atoms with Gasteiger partial charge in [0.15, 0.2) is 0 Å². The van der Waals surface area contributed by atoms with E-state index in [0.29, 0.717) is 41.1 Å². The van der Waals surface area contributed by atoms with Crippen LogP contribution in [0.5, 0.6) is 11.5 Å². The Morgan fingerprint density at radius 3 is 2.29 bits per heavy atom. The molecule has 4 rings (SSSR count). The first-order chi connectivity index (χ1) is 16.9. The molecule has 1 saturated heterocycles. The minimum absolute atomic E-state index is 0.113. The number of anilines is 3. The van der Waals surface area contributed by atoms with Gasteiger partial charge in [-0.1, -0.05) is 11.6 Å². The van der Waals surface area contributed by atoms with Gasteiger partial charge in [0.2, 0.25) is 0 Å². The molecule has 1 fully saturated rings. The number of hydrogen-bond acceptors (Lipinski definition) is 5. The Kier molecular flexibility index (Phi) is 7.69. The predicted octanol–water partition coefficient (Wildman–Crippen LogP) is 5.11. The molecule has 0 unspecified atom stereocenters.